The van der Waals surface area contributed by atoms with E-state index in [4.69, 9.17) is 27.9 Å². The second-order valence-corrected chi connectivity index (χ2v) is 8.37. The second kappa shape index (κ2) is 10.7. The van der Waals surface area contributed by atoms with Crippen LogP contribution >= 0.6 is 23.2 Å². The lowest BCUT2D eigenvalue weighted by atomic mass is 10.1. The third kappa shape index (κ3) is 6.13. The number of ether oxygens (including phenoxy) is 1. The summed E-state index contributed by atoms with van der Waals surface area (Å²) < 4.78 is 5.62. The molecule has 5 nitrogen and oxygen atoms in total. The number of benzene rings is 2. The van der Waals surface area contributed by atoms with E-state index in [1.807, 2.05) is 18.2 Å². The van der Waals surface area contributed by atoms with Crippen LogP contribution in [-0.4, -0.2) is 35.4 Å². The minimum Gasteiger partial charge on any atom is -0.484 e. The maximum atomic E-state index is 13.0. The Morgan fingerprint density at radius 3 is 2.50 bits per heavy atom. The number of halogens is 2. The van der Waals surface area contributed by atoms with E-state index in [1.54, 1.807) is 37.3 Å². The lowest BCUT2D eigenvalue weighted by Crippen LogP contribution is -2.50. The quantitative estimate of drug-likeness (QED) is 0.627. The summed E-state index contributed by atoms with van der Waals surface area (Å²) >= 11 is 12.3. The van der Waals surface area contributed by atoms with Gasteiger partial charge in [-0.15, -0.1) is 0 Å². The first-order valence-corrected chi connectivity index (χ1v) is 10.9. The number of para-hydroxylation sites is 1. The fraction of sp³-hybridized carbons (Fsp3) is 0.391. The Morgan fingerprint density at radius 2 is 1.83 bits per heavy atom. The van der Waals surface area contributed by atoms with Crippen LogP contribution in [0.15, 0.2) is 48.5 Å². The van der Waals surface area contributed by atoms with Gasteiger partial charge in [-0.2, -0.15) is 0 Å². The van der Waals surface area contributed by atoms with Gasteiger partial charge in [-0.3, -0.25) is 9.59 Å². The molecule has 1 atom stereocenters. The van der Waals surface area contributed by atoms with Gasteiger partial charge in [0.15, 0.2) is 6.61 Å². The molecule has 2 aromatic carbocycles. The molecule has 1 saturated carbocycles. The zero-order valence-electron chi connectivity index (χ0n) is 16.9. The topological polar surface area (TPSA) is 58.6 Å². The van der Waals surface area contributed by atoms with E-state index in [0.717, 1.165) is 31.2 Å². The summed E-state index contributed by atoms with van der Waals surface area (Å²) in [5.74, 6) is 0.136. The zero-order valence-corrected chi connectivity index (χ0v) is 18.5. The van der Waals surface area contributed by atoms with Crippen LogP contribution < -0.4 is 10.1 Å². The normalized spacial score (nSPS) is 14.9. The number of carbonyl (C=O) groups excluding carboxylic acids is 2. The van der Waals surface area contributed by atoms with Gasteiger partial charge in [0.1, 0.15) is 11.8 Å². The fourth-order valence-electron chi connectivity index (χ4n) is 3.55. The molecule has 30 heavy (non-hydrogen) atoms. The Morgan fingerprint density at radius 1 is 1.13 bits per heavy atom. The van der Waals surface area contributed by atoms with E-state index in [9.17, 15) is 9.59 Å². The van der Waals surface area contributed by atoms with E-state index < -0.39 is 6.04 Å². The molecule has 7 heteroatoms. The summed E-state index contributed by atoms with van der Waals surface area (Å²) in [4.78, 5) is 27.4. The minimum absolute atomic E-state index is 0.167. The number of hydrogen-bond donors (Lipinski definition) is 1. The van der Waals surface area contributed by atoms with Gasteiger partial charge in [0, 0.05) is 22.6 Å². The zero-order chi connectivity index (χ0) is 21.5. The number of nitrogens with zero attached hydrogens (tertiary/aromatic N) is 1. The van der Waals surface area contributed by atoms with E-state index in [2.05, 4.69) is 5.32 Å². The van der Waals surface area contributed by atoms with Crippen LogP contribution in [-0.2, 0) is 16.1 Å². The maximum Gasteiger partial charge on any atom is 0.261 e. The van der Waals surface area contributed by atoms with Crippen molar-refractivity contribution in [2.45, 2.75) is 51.2 Å². The molecule has 3 rings (SSSR count). The van der Waals surface area contributed by atoms with E-state index in [-0.39, 0.29) is 31.0 Å². The first-order valence-electron chi connectivity index (χ1n) is 10.2. The van der Waals surface area contributed by atoms with Crippen molar-refractivity contribution in [1.29, 1.82) is 0 Å². The van der Waals surface area contributed by atoms with Gasteiger partial charge < -0.3 is 15.0 Å². The van der Waals surface area contributed by atoms with Crippen LogP contribution in [0.4, 0.5) is 0 Å². The van der Waals surface area contributed by atoms with Gasteiger partial charge in [-0.1, -0.05) is 60.3 Å². The Hall–Kier alpha value is -2.24. The third-order valence-corrected chi connectivity index (χ3v) is 5.92. The summed E-state index contributed by atoms with van der Waals surface area (Å²) in [6.45, 7) is 1.75. The largest absolute Gasteiger partial charge is 0.484 e. The monoisotopic (exact) mass is 448 g/mol. The Labute approximate surface area is 187 Å². The minimum atomic E-state index is -0.663. The molecule has 0 saturated heterocycles. The molecule has 0 spiro atoms. The molecule has 2 amide bonds. The van der Waals surface area contributed by atoms with Gasteiger partial charge in [0.2, 0.25) is 5.91 Å². The van der Waals surface area contributed by atoms with Crippen molar-refractivity contribution in [3.63, 3.8) is 0 Å². The van der Waals surface area contributed by atoms with Crippen molar-refractivity contribution in [1.82, 2.24) is 10.2 Å². The summed E-state index contributed by atoms with van der Waals surface area (Å²) in [7, 11) is 0. The van der Waals surface area contributed by atoms with Gasteiger partial charge in [0.05, 0.1) is 0 Å². The van der Waals surface area contributed by atoms with Crippen molar-refractivity contribution in [2.24, 2.45) is 0 Å². The molecular formula is C23H26Cl2N2O3. The molecule has 0 heterocycles. The van der Waals surface area contributed by atoms with E-state index in [0.29, 0.717) is 15.8 Å². The van der Waals surface area contributed by atoms with Crippen molar-refractivity contribution in [2.75, 3.05) is 6.61 Å². The van der Waals surface area contributed by atoms with Crippen LogP contribution in [0, 0.1) is 0 Å². The van der Waals surface area contributed by atoms with Crippen LogP contribution in [0.1, 0.15) is 38.2 Å². The molecule has 0 aromatic heterocycles. The summed E-state index contributed by atoms with van der Waals surface area (Å²) in [6.07, 6.45) is 4.19. The van der Waals surface area contributed by atoms with Crippen molar-refractivity contribution in [3.8, 4) is 5.75 Å². The second-order valence-electron chi connectivity index (χ2n) is 7.53. The summed E-state index contributed by atoms with van der Waals surface area (Å²) in [5, 5.41) is 4.04. The molecule has 2 aromatic rings. The van der Waals surface area contributed by atoms with Crippen molar-refractivity contribution >= 4 is 35.0 Å². The molecule has 0 bridgehead atoms. The predicted molar refractivity (Wildman–Crippen MR) is 119 cm³/mol. The van der Waals surface area contributed by atoms with Crippen molar-refractivity contribution in [3.05, 3.63) is 64.1 Å². The standard InChI is InChI=1S/C23H26Cl2N2O3/c1-16(23(29)26-19-7-5-6-8-19)27(14-17-11-12-18(24)13-21(17)25)22(28)15-30-20-9-3-2-4-10-20/h2-4,9-13,16,19H,5-8,14-15H2,1H3,(H,26,29)/t16-/m1/s1. The average Bonchev–Trinajstić information content (AvgIpc) is 3.25. The molecule has 160 valence electrons. The molecule has 0 aliphatic heterocycles. The Bertz CT molecular complexity index is 870. The van der Waals surface area contributed by atoms with Crippen LogP contribution in [0.5, 0.6) is 5.75 Å². The smallest absolute Gasteiger partial charge is 0.261 e. The molecule has 0 unspecified atom stereocenters. The van der Waals surface area contributed by atoms with Crippen molar-refractivity contribution < 1.29 is 14.3 Å². The number of rotatable bonds is 8. The van der Waals surface area contributed by atoms with Gasteiger partial charge >= 0.3 is 0 Å². The van der Waals surface area contributed by atoms with Gasteiger partial charge in [-0.25, -0.2) is 0 Å². The molecule has 1 aliphatic carbocycles. The summed E-state index contributed by atoms with van der Waals surface area (Å²) in [6, 6.07) is 13.7. The van der Waals surface area contributed by atoms with E-state index in [1.165, 1.54) is 4.90 Å². The highest BCUT2D eigenvalue weighted by Gasteiger charge is 2.29. The highest BCUT2D eigenvalue weighted by Crippen LogP contribution is 2.24. The van der Waals surface area contributed by atoms with Crippen LogP contribution in [0.3, 0.4) is 0 Å². The molecule has 1 aliphatic rings. The third-order valence-electron chi connectivity index (χ3n) is 5.33. The Balaban J connectivity index is 1.73. The lowest BCUT2D eigenvalue weighted by Gasteiger charge is -2.30. The number of hydrogen-bond acceptors (Lipinski definition) is 3. The first-order chi connectivity index (χ1) is 14.4. The highest BCUT2D eigenvalue weighted by atomic mass is 35.5. The molecule has 0 radical (unpaired) electrons. The predicted octanol–water partition coefficient (Wildman–Crippen LogP) is 4.85. The van der Waals surface area contributed by atoms with Gasteiger partial charge in [0.25, 0.3) is 5.91 Å². The summed E-state index contributed by atoms with van der Waals surface area (Å²) in [5.41, 5.74) is 0.717. The first kappa shape index (κ1) is 22.4. The number of carbonyl (C=O) groups is 2. The molecular weight excluding hydrogens is 423 g/mol. The lowest BCUT2D eigenvalue weighted by molar-refractivity contribution is -0.142. The SMILES string of the molecule is C[C@H](C(=O)NC1CCCC1)N(Cc1ccc(Cl)cc1Cl)C(=O)COc1ccccc1. The van der Waals surface area contributed by atoms with Crippen LogP contribution in [0.2, 0.25) is 10.0 Å². The highest BCUT2D eigenvalue weighted by molar-refractivity contribution is 6.35. The molecule has 1 fully saturated rings. The average molecular weight is 449 g/mol. The Kier molecular flexibility index (Phi) is 8.00. The fourth-order valence-corrected chi connectivity index (χ4v) is 4.02. The van der Waals surface area contributed by atoms with Crippen LogP contribution in [0.25, 0.3) is 0 Å². The van der Waals surface area contributed by atoms with Gasteiger partial charge in [-0.05, 0) is 49.6 Å². The van der Waals surface area contributed by atoms with E-state index >= 15 is 0 Å². The molecule has 1 N–H and O–H groups in total. The number of nitrogens with one attached hydrogen (secondary N) is 1. The number of amides is 2. The maximum absolute atomic E-state index is 13.0.